The molecule has 1 aromatic rings. The summed E-state index contributed by atoms with van der Waals surface area (Å²) >= 11 is 0. The van der Waals surface area contributed by atoms with Crippen LogP contribution in [0.1, 0.15) is 12.7 Å². The van der Waals surface area contributed by atoms with Gasteiger partial charge in [0.15, 0.2) is 0 Å². The third kappa shape index (κ3) is 3.18. The minimum Gasteiger partial charge on any atom is -0.283 e. The molecule has 1 aromatic heterocycles. The highest BCUT2D eigenvalue weighted by atomic mass is 15.1. The summed E-state index contributed by atoms with van der Waals surface area (Å²) in [4.78, 5) is 10.2. The minimum absolute atomic E-state index is 0.425. The van der Waals surface area contributed by atoms with Crippen LogP contribution < -0.4 is 0 Å². The minimum atomic E-state index is 0.425. The predicted octanol–water partition coefficient (Wildman–Crippen LogP) is 0.822. The first-order chi connectivity index (χ1) is 6.36. The molecule has 1 heterocycles. The van der Waals surface area contributed by atoms with E-state index in [1.807, 2.05) is 11.8 Å². The molecule has 0 radical (unpaired) electrons. The number of nitrogens with zero attached hydrogens (tertiary/aromatic N) is 4. The molecule has 0 bridgehead atoms. The highest BCUT2D eigenvalue weighted by Gasteiger charge is 2.03. The zero-order chi connectivity index (χ0) is 9.52. The van der Waals surface area contributed by atoms with Crippen molar-refractivity contribution in [3.63, 3.8) is 0 Å². The van der Waals surface area contributed by atoms with Crippen molar-refractivity contribution < 1.29 is 0 Å². The fraction of sp³-hybridized carbons (Fsp3) is 0.444. The van der Waals surface area contributed by atoms with Crippen molar-refractivity contribution >= 4 is 0 Å². The van der Waals surface area contributed by atoms with Crippen LogP contribution in [0.25, 0.3) is 0 Å². The summed E-state index contributed by atoms with van der Waals surface area (Å²) in [6, 6.07) is 3.89. The van der Waals surface area contributed by atoms with Gasteiger partial charge in [-0.15, -0.1) is 0 Å². The number of nitriles is 1. The Labute approximate surface area is 77.8 Å². The molecule has 0 N–H and O–H groups in total. The van der Waals surface area contributed by atoms with Gasteiger partial charge in [0.1, 0.15) is 5.82 Å². The van der Waals surface area contributed by atoms with Gasteiger partial charge in [-0.1, -0.05) is 6.92 Å². The molecule has 4 nitrogen and oxygen atoms in total. The lowest BCUT2D eigenvalue weighted by Crippen LogP contribution is -2.24. The SMILES string of the molecule is CCN(CC#N)Cc1ncccn1. The summed E-state index contributed by atoms with van der Waals surface area (Å²) in [5.41, 5.74) is 0. The van der Waals surface area contributed by atoms with Gasteiger partial charge < -0.3 is 0 Å². The molecule has 0 atom stereocenters. The van der Waals surface area contributed by atoms with Crippen LogP contribution in [0, 0.1) is 11.3 Å². The maximum atomic E-state index is 8.51. The molecule has 0 unspecified atom stereocenters. The van der Waals surface area contributed by atoms with Gasteiger partial charge in [-0.3, -0.25) is 4.90 Å². The molecule has 13 heavy (non-hydrogen) atoms. The normalized spacial score (nSPS) is 9.92. The molecule has 4 heteroatoms. The van der Waals surface area contributed by atoms with Crippen LogP contribution >= 0.6 is 0 Å². The standard InChI is InChI=1S/C9H12N4/c1-2-13(7-4-10)8-9-11-5-3-6-12-9/h3,5-6H,2,7-8H2,1H3. The molecule has 0 aromatic carbocycles. The monoisotopic (exact) mass is 176 g/mol. The van der Waals surface area contributed by atoms with Crippen LogP contribution in [0.15, 0.2) is 18.5 Å². The Bertz CT molecular complexity index is 277. The van der Waals surface area contributed by atoms with Crippen LogP contribution in [-0.2, 0) is 6.54 Å². The van der Waals surface area contributed by atoms with Gasteiger partial charge in [0.25, 0.3) is 0 Å². The van der Waals surface area contributed by atoms with Gasteiger partial charge >= 0.3 is 0 Å². The summed E-state index contributed by atoms with van der Waals surface area (Å²) < 4.78 is 0. The number of rotatable bonds is 4. The van der Waals surface area contributed by atoms with Crippen LogP contribution in [0.3, 0.4) is 0 Å². The summed E-state index contributed by atoms with van der Waals surface area (Å²) in [5, 5.41) is 8.51. The Morgan fingerprint density at radius 3 is 2.69 bits per heavy atom. The van der Waals surface area contributed by atoms with E-state index >= 15 is 0 Å². The highest BCUT2D eigenvalue weighted by Crippen LogP contribution is 1.95. The van der Waals surface area contributed by atoms with Gasteiger partial charge in [-0.25, -0.2) is 9.97 Å². The Morgan fingerprint density at radius 1 is 1.46 bits per heavy atom. The highest BCUT2D eigenvalue weighted by molar-refractivity contribution is 4.89. The molecule has 0 spiro atoms. The van der Waals surface area contributed by atoms with Crippen molar-refractivity contribution in [1.29, 1.82) is 5.26 Å². The maximum absolute atomic E-state index is 8.51. The van der Waals surface area contributed by atoms with Gasteiger partial charge in [-0.05, 0) is 12.6 Å². The van der Waals surface area contributed by atoms with Crippen molar-refractivity contribution in [2.45, 2.75) is 13.5 Å². The van der Waals surface area contributed by atoms with E-state index in [4.69, 9.17) is 5.26 Å². The van der Waals surface area contributed by atoms with E-state index in [0.717, 1.165) is 12.4 Å². The van der Waals surface area contributed by atoms with E-state index in [0.29, 0.717) is 13.1 Å². The van der Waals surface area contributed by atoms with E-state index < -0.39 is 0 Å². The molecule has 0 aliphatic carbocycles. The van der Waals surface area contributed by atoms with E-state index in [9.17, 15) is 0 Å². The van der Waals surface area contributed by atoms with Crippen molar-refractivity contribution in [1.82, 2.24) is 14.9 Å². The Kier molecular flexibility index (Phi) is 3.86. The van der Waals surface area contributed by atoms with E-state index in [2.05, 4.69) is 16.0 Å². The summed E-state index contributed by atoms with van der Waals surface area (Å²) in [6.07, 6.45) is 3.42. The van der Waals surface area contributed by atoms with Crippen LogP contribution in [-0.4, -0.2) is 28.0 Å². The molecule has 0 amide bonds. The molecular weight excluding hydrogens is 164 g/mol. The van der Waals surface area contributed by atoms with Gasteiger partial charge in [0.2, 0.25) is 0 Å². The van der Waals surface area contributed by atoms with Gasteiger partial charge in [0.05, 0.1) is 19.2 Å². The second-order valence-corrected chi connectivity index (χ2v) is 2.63. The summed E-state index contributed by atoms with van der Waals surface area (Å²) in [7, 11) is 0. The number of hydrogen-bond donors (Lipinski definition) is 0. The van der Waals surface area contributed by atoms with E-state index in [-0.39, 0.29) is 0 Å². The van der Waals surface area contributed by atoms with Gasteiger partial charge in [-0.2, -0.15) is 5.26 Å². The largest absolute Gasteiger partial charge is 0.283 e. The molecular formula is C9H12N4. The zero-order valence-corrected chi connectivity index (χ0v) is 7.64. The lowest BCUT2D eigenvalue weighted by Gasteiger charge is -2.14. The Balaban J connectivity index is 2.53. The second-order valence-electron chi connectivity index (χ2n) is 2.63. The van der Waals surface area contributed by atoms with Crippen molar-refractivity contribution in [3.8, 4) is 6.07 Å². The Hall–Kier alpha value is -1.47. The van der Waals surface area contributed by atoms with Gasteiger partial charge in [0, 0.05) is 12.4 Å². The summed E-state index contributed by atoms with van der Waals surface area (Å²) in [6.45, 7) is 3.92. The van der Waals surface area contributed by atoms with E-state index in [1.54, 1.807) is 18.5 Å². The second kappa shape index (κ2) is 5.22. The average Bonchev–Trinajstić information content (AvgIpc) is 2.19. The van der Waals surface area contributed by atoms with Crippen molar-refractivity contribution in [3.05, 3.63) is 24.3 Å². The number of hydrogen-bond acceptors (Lipinski definition) is 4. The maximum Gasteiger partial charge on any atom is 0.142 e. The molecule has 0 aliphatic rings. The quantitative estimate of drug-likeness (QED) is 0.637. The fourth-order valence-electron chi connectivity index (χ4n) is 0.991. The first-order valence-electron chi connectivity index (χ1n) is 4.22. The van der Waals surface area contributed by atoms with E-state index in [1.165, 1.54) is 0 Å². The van der Waals surface area contributed by atoms with Crippen LogP contribution in [0.2, 0.25) is 0 Å². The summed E-state index contributed by atoms with van der Waals surface area (Å²) in [5.74, 6) is 0.764. The number of aromatic nitrogens is 2. The third-order valence-electron chi connectivity index (χ3n) is 1.73. The first-order valence-corrected chi connectivity index (χ1v) is 4.22. The van der Waals surface area contributed by atoms with Crippen LogP contribution in [0.4, 0.5) is 0 Å². The molecule has 0 aliphatic heterocycles. The molecule has 68 valence electrons. The smallest absolute Gasteiger partial charge is 0.142 e. The zero-order valence-electron chi connectivity index (χ0n) is 7.64. The van der Waals surface area contributed by atoms with Crippen molar-refractivity contribution in [2.75, 3.05) is 13.1 Å². The third-order valence-corrected chi connectivity index (χ3v) is 1.73. The topological polar surface area (TPSA) is 52.8 Å². The van der Waals surface area contributed by atoms with Crippen molar-refractivity contribution in [2.24, 2.45) is 0 Å². The molecule has 0 saturated carbocycles. The average molecular weight is 176 g/mol. The lowest BCUT2D eigenvalue weighted by molar-refractivity contribution is 0.306. The molecule has 0 fully saturated rings. The molecule has 1 rings (SSSR count). The molecule has 0 saturated heterocycles. The lowest BCUT2D eigenvalue weighted by atomic mass is 10.4. The fourth-order valence-corrected chi connectivity index (χ4v) is 0.991. The Morgan fingerprint density at radius 2 is 2.15 bits per heavy atom. The first kappa shape index (κ1) is 9.62. The predicted molar refractivity (Wildman–Crippen MR) is 48.6 cm³/mol. The van der Waals surface area contributed by atoms with Crippen LogP contribution in [0.5, 0.6) is 0 Å².